The fourth-order valence-corrected chi connectivity index (χ4v) is 1.37. The number of carbonyl (C=O) groups is 1. The monoisotopic (exact) mass is 220 g/mol. The molecule has 1 rings (SSSR count). The second-order valence-corrected chi connectivity index (χ2v) is 3.93. The van der Waals surface area contributed by atoms with Crippen LogP contribution in [0, 0.1) is 0 Å². The maximum atomic E-state index is 10.9. The highest BCUT2D eigenvalue weighted by Gasteiger charge is 2.40. The molecule has 1 fully saturated rings. The van der Waals surface area contributed by atoms with E-state index in [9.17, 15) is 15.0 Å². The quantitative estimate of drug-likeness (QED) is 0.529. The van der Waals surface area contributed by atoms with Crippen molar-refractivity contribution in [3.8, 4) is 0 Å². The lowest BCUT2D eigenvalue weighted by Crippen LogP contribution is -2.44. The summed E-state index contributed by atoms with van der Waals surface area (Å²) in [6.07, 6.45) is -3.78. The van der Waals surface area contributed by atoms with E-state index in [-0.39, 0.29) is 6.61 Å². The lowest BCUT2D eigenvalue weighted by molar-refractivity contribution is -0.165. The number of Topliss-reactive ketones (excluding diaryl/α,β-unsaturated/α-hetero) is 1. The van der Waals surface area contributed by atoms with Crippen molar-refractivity contribution in [2.45, 2.75) is 37.9 Å². The van der Waals surface area contributed by atoms with Gasteiger partial charge in [0.15, 0.2) is 11.6 Å². The van der Waals surface area contributed by atoms with Gasteiger partial charge in [0.1, 0.15) is 24.9 Å². The molecule has 0 aromatic rings. The highest BCUT2D eigenvalue weighted by molar-refractivity contribution is 5.84. The van der Waals surface area contributed by atoms with Crippen molar-refractivity contribution in [1.29, 1.82) is 0 Å². The van der Waals surface area contributed by atoms with Crippen LogP contribution in [0.15, 0.2) is 0 Å². The molecule has 0 aliphatic carbocycles. The average molecular weight is 220 g/mol. The van der Waals surface area contributed by atoms with Gasteiger partial charge in [0, 0.05) is 0 Å². The number of ether oxygens (including phenoxy) is 2. The van der Waals surface area contributed by atoms with Gasteiger partial charge < -0.3 is 24.8 Å². The van der Waals surface area contributed by atoms with Crippen LogP contribution in [0.25, 0.3) is 0 Å². The minimum Gasteiger partial charge on any atom is -0.388 e. The van der Waals surface area contributed by atoms with Gasteiger partial charge in [-0.05, 0) is 13.8 Å². The van der Waals surface area contributed by atoms with Crippen molar-refractivity contribution in [3.05, 3.63) is 0 Å². The molecule has 1 heterocycles. The van der Waals surface area contributed by atoms with Crippen molar-refractivity contribution < 1.29 is 29.6 Å². The molecule has 0 bridgehead atoms. The highest BCUT2D eigenvalue weighted by Crippen LogP contribution is 2.25. The summed E-state index contributed by atoms with van der Waals surface area (Å²) in [4.78, 5) is 10.9. The average Bonchev–Trinajstić information content (AvgIpc) is 2.55. The number of aliphatic hydroxyl groups excluding tert-OH is 3. The molecule has 0 aromatic heterocycles. The molecule has 1 saturated heterocycles. The number of aliphatic hydroxyl groups is 3. The first-order chi connectivity index (χ1) is 6.87. The first kappa shape index (κ1) is 12.5. The molecule has 6 heteroatoms. The van der Waals surface area contributed by atoms with E-state index < -0.39 is 36.5 Å². The van der Waals surface area contributed by atoms with E-state index in [1.54, 1.807) is 13.8 Å². The first-order valence-electron chi connectivity index (χ1n) is 4.69. The summed E-state index contributed by atoms with van der Waals surface area (Å²) in [5.41, 5.74) is 0. The van der Waals surface area contributed by atoms with Gasteiger partial charge in [-0.3, -0.25) is 4.79 Å². The van der Waals surface area contributed by atoms with Crippen LogP contribution in [0.1, 0.15) is 13.8 Å². The van der Waals surface area contributed by atoms with Gasteiger partial charge in [-0.2, -0.15) is 0 Å². The number of hydrogen-bond donors (Lipinski definition) is 3. The zero-order valence-corrected chi connectivity index (χ0v) is 8.71. The Morgan fingerprint density at radius 2 is 2.13 bits per heavy atom. The topological polar surface area (TPSA) is 96.2 Å². The SMILES string of the molecule is CC1(C)OC[C@H]([C@H](O)[C@@H](O)C(=O)CO)O1. The number of carbonyl (C=O) groups excluding carboxylic acids is 1. The van der Waals surface area contributed by atoms with Crippen molar-refractivity contribution in [2.24, 2.45) is 0 Å². The summed E-state index contributed by atoms with van der Waals surface area (Å²) >= 11 is 0. The van der Waals surface area contributed by atoms with Gasteiger partial charge >= 0.3 is 0 Å². The second kappa shape index (κ2) is 4.54. The molecular weight excluding hydrogens is 204 g/mol. The van der Waals surface area contributed by atoms with E-state index in [1.165, 1.54) is 0 Å². The summed E-state index contributed by atoms with van der Waals surface area (Å²) in [5, 5.41) is 27.4. The van der Waals surface area contributed by atoms with E-state index in [1.807, 2.05) is 0 Å². The van der Waals surface area contributed by atoms with Crippen molar-refractivity contribution in [3.63, 3.8) is 0 Å². The van der Waals surface area contributed by atoms with Crippen LogP contribution in [0.2, 0.25) is 0 Å². The Kier molecular flexibility index (Phi) is 3.80. The molecule has 0 aromatic carbocycles. The normalized spacial score (nSPS) is 28.7. The van der Waals surface area contributed by atoms with Crippen LogP contribution in [0.4, 0.5) is 0 Å². The molecule has 3 N–H and O–H groups in total. The summed E-state index contributed by atoms with van der Waals surface area (Å²) in [6.45, 7) is 2.62. The van der Waals surface area contributed by atoms with E-state index in [0.29, 0.717) is 0 Å². The Bertz CT molecular complexity index is 239. The maximum Gasteiger partial charge on any atom is 0.189 e. The molecular formula is C9H16O6. The minimum atomic E-state index is -1.64. The third-order valence-corrected chi connectivity index (χ3v) is 2.22. The lowest BCUT2D eigenvalue weighted by atomic mass is 10.1. The van der Waals surface area contributed by atoms with Crippen molar-refractivity contribution in [2.75, 3.05) is 13.2 Å². The first-order valence-corrected chi connectivity index (χ1v) is 4.69. The van der Waals surface area contributed by atoms with Gasteiger partial charge in [0.25, 0.3) is 0 Å². The number of ketones is 1. The van der Waals surface area contributed by atoms with E-state index in [4.69, 9.17) is 14.6 Å². The molecule has 0 radical (unpaired) electrons. The van der Waals surface area contributed by atoms with Crippen LogP contribution in [-0.4, -0.2) is 58.4 Å². The van der Waals surface area contributed by atoms with Gasteiger partial charge in [-0.25, -0.2) is 0 Å². The zero-order chi connectivity index (χ0) is 11.6. The van der Waals surface area contributed by atoms with Gasteiger partial charge in [0.05, 0.1) is 6.61 Å². The maximum absolute atomic E-state index is 10.9. The molecule has 0 spiro atoms. The van der Waals surface area contributed by atoms with Crippen molar-refractivity contribution >= 4 is 5.78 Å². The van der Waals surface area contributed by atoms with E-state index in [0.717, 1.165) is 0 Å². The summed E-state index contributed by atoms with van der Waals surface area (Å²) in [6, 6.07) is 0. The molecule has 6 nitrogen and oxygen atoms in total. The Labute approximate surface area is 87.4 Å². The smallest absolute Gasteiger partial charge is 0.189 e. The van der Waals surface area contributed by atoms with Gasteiger partial charge in [-0.1, -0.05) is 0 Å². The lowest BCUT2D eigenvalue weighted by Gasteiger charge is -2.22. The molecule has 0 unspecified atom stereocenters. The largest absolute Gasteiger partial charge is 0.388 e. The summed E-state index contributed by atoms with van der Waals surface area (Å²) < 4.78 is 10.4. The third kappa shape index (κ3) is 2.96. The summed E-state index contributed by atoms with van der Waals surface area (Å²) in [7, 11) is 0. The van der Waals surface area contributed by atoms with Crippen LogP contribution < -0.4 is 0 Å². The third-order valence-electron chi connectivity index (χ3n) is 2.22. The van der Waals surface area contributed by atoms with Gasteiger partial charge in [-0.15, -0.1) is 0 Å². The molecule has 0 amide bonds. The van der Waals surface area contributed by atoms with Crippen LogP contribution >= 0.6 is 0 Å². The van der Waals surface area contributed by atoms with Crippen LogP contribution in [-0.2, 0) is 14.3 Å². The van der Waals surface area contributed by atoms with Crippen molar-refractivity contribution in [1.82, 2.24) is 0 Å². The second-order valence-electron chi connectivity index (χ2n) is 3.93. The summed E-state index contributed by atoms with van der Waals surface area (Å²) in [5.74, 6) is -1.66. The molecule has 15 heavy (non-hydrogen) atoms. The standard InChI is InChI=1S/C9H16O6/c1-9(2)14-4-6(15-9)8(13)7(12)5(11)3-10/h6-8,10,12-13H,3-4H2,1-2H3/t6-,7+,8+/m1/s1. The Balaban J connectivity index is 2.55. The Morgan fingerprint density at radius 1 is 1.53 bits per heavy atom. The predicted octanol–water partition coefficient (Wildman–Crippen LogP) is -1.58. The molecule has 88 valence electrons. The van der Waals surface area contributed by atoms with E-state index >= 15 is 0 Å². The zero-order valence-electron chi connectivity index (χ0n) is 8.71. The van der Waals surface area contributed by atoms with Gasteiger partial charge in [0.2, 0.25) is 0 Å². The number of hydrogen-bond acceptors (Lipinski definition) is 6. The van der Waals surface area contributed by atoms with Crippen LogP contribution in [0.3, 0.4) is 0 Å². The number of rotatable bonds is 4. The Morgan fingerprint density at radius 3 is 2.53 bits per heavy atom. The predicted molar refractivity (Wildman–Crippen MR) is 49.0 cm³/mol. The highest BCUT2D eigenvalue weighted by atomic mass is 16.7. The molecule has 1 aliphatic heterocycles. The molecule has 0 saturated carbocycles. The minimum absolute atomic E-state index is 0.101. The fourth-order valence-electron chi connectivity index (χ4n) is 1.37. The van der Waals surface area contributed by atoms with Crippen LogP contribution in [0.5, 0.6) is 0 Å². The molecule has 1 aliphatic rings. The van der Waals surface area contributed by atoms with E-state index in [2.05, 4.69) is 0 Å². The fraction of sp³-hybridized carbons (Fsp3) is 0.889. The Hall–Kier alpha value is -0.530. The molecule has 3 atom stereocenters.